The van der Waals surface area contributed by atoms with Crippen LogP contribution in [0.25, 0.3) is 0 Å². The molecular formula is C25H37NO3. The molecular weight excluding hydrogens is 362 g/mol. The quantitative estimate of drug-likeness (QED) is 0.285. The van der Waals surface area contributed by atoms with Crippen LogP contribution in [-0.2, 0) is 4.74 Å². The Morgan fingerprint density at radius 3 is 2.31 bits per heavy atom. The van der Waals surface area contributed by atoms with Gasteiger partial charge in [-0.05, 0) is 62.8 Å². The SMILES string of the molecule is CCCCCCC[C@]1(C#N)CC[C@@H](OC(=O)c2ccc(OCCCC)cc2)CC1. The van der Waals surface area contributed by atoms with E-state index in [1.807, 2.05) is 12.1 Å². The van der Waals surface area contributed by atoms with Gasteiger partial charge < -0.3 is 9.47 Å². The van der Waals surface area contributed by atoms with E-state index >= 15 is 0 Å². The van der Waals surface area contributed by atoms with Gasteiger partial charge in [-0.15, -0.1) is 0 Å². The summed E-state index contributed by atoms with van der Waals surface area (Å²) in [6, 6.07) is 9.77. The average molecular weight is 400 g/mol. The van der Waals surface area contributed by atoms with Crippen molar-refractivity contribution in [1.82, 2.24) is 0 Å². The van der Waals surface area contributed by atoms with Gasteiger partial charge in [0.1, 0.15) is 11.9 Å². The Labute approximate surface area is 176 Å². The molecule has 1 aromatic rings. The van der Waals surface area contributed by atoms with Crippen LogP contribution in [0.15, 0.2) is 24.3 Å². The van der Waals surface area contributed by atoms with Crippen molar-refractivity contribution in [3.05, 3.63) is 29.8 Å². The highest BCUT2D eigenvalue weighted by atomic mass is 16.5. The first kappa shape index (κ1) is 23.3. The minimum absolute atomic E-state index is 0.0791. The van der Waals surface area contributed by atoms with Crippen molar-refractivity contribution in [2.75, 3.05) is 6.61 Å². The highest BCUT2D eigenvalue weighted by molar-refractivity contribution is 5.89. The van der Waals surface area contributed by atoms with Gasteiger partial charge in [0.25, 0.3) is 0 Å². The van der Waals surface area contributed by atoms with Crippen molar-refractivity contribution in [2.24, 2.45) is 5.41 Å². The molecule has 1 saturated carbocycles. The molecule has 0 amide bonds. The third-order valence-electron chi connectivity index (χ3n) is 6.02. The van der Waals surface area contributed by atoms with E-state index in [1.165, 1.54) is 25.7 Å². The molecule has 1 aromatic carbocycles. The van der Waals surface area contributed by atoms with E-state index in [9.17, 15) is 10.1 Å². The molecule has 1 fully saturated rings. The smallest absolute Gasteiger partial charge is 0.338 e. The normalized spacial score (nSPS) is 21.3. The number of nitriles is 1. The first-order chi connectivity index (χ1) is 14.1. The van der Waals surface area contributed by atoms with Gasteiger partial charge in [-0.25, -0.2) is 4.79 Å². The fourth-order valence-electron chi connectivity index (χ4n) is 3.99. The zero-order chi connectivity index (χ0) is 21.0. The van der Waals surface area contributed by atoms with Gasteiger partial charge in [-0.3, -0.25) is 0 Å². The number of nitrogens with zero attached hydrogens (tertiary/aromatic N) is 1. The maximum atomic E-state index is 12.5. The van der Waals surface area contributed by atoms with Crippen LogP contribution in [0.5, 0.6) is 5.75 Å². The van der Waals surface area contributed by atoms with Gasteiger partial charge in [-0.1, -0.05) is 52.4 Å². The number of carbonyl (C=O) groups excluding carboxylic acids is 1. The lowest BCUT2D eigenvalue weighted by Gasteiger charge is -2.34. The van der Waals surface area contributed by atoms with E-state index in [0.29, 0.717) is 12.2 Å². The third-order valence-corrected chi connectivity index (χ3v) is 6.02. The molecule has 4 nitrogen and oxygen atoms in total. The lowest BCUT2D eigenvalue weighted by atomic mass is 9.71. The van der Waals surface area contributed by atoms with Gasteiger partial charge in [0.15, 0.2) is 0 Å². The van der Waals surface area contributed by atoms with Crippen LogP contribution in [0.2, 0.25) is 0 Å². The summed E-state index contributed by atoms with van der Waals surface area (Å²) in [5.74, 6) is 0.504. The monoisotopic (exact) mass is 399 g/mol. The minimum atomic E-state index is -0.279. The number of esters is 1. The van der Waals surface area contributed by atoms with Crippen LogP contribution in [0.1, 0.15) is 101 Å². The fourth-order valence-corrected chi connectivity index (χ4v) is 3.99. The molecule has 160 valence electrons. The van der Waals surface area contributed by atoms with Crippen LogP contribution in [-0.4, -0.2) is 18.7 Å². The molecule has 0 N–H and O–H groups in total. The molecule has 4 heteroatoms. The summed E-state index contributed by atoms with van der Waals surface area (Å²) in [6.45, 7) is 5.04. The average Bonchev–Trinajstić information content (AvgIpc) is 2.75. The predicted octanol–water partition coefficient (Wildman–Crippen LogP) is 6.84. The zero-order valence-corrected chi connectivity index (χ0v) is 18.3. The third kappa shape index (κ3) is 7.72. The van der Waals surface area contributed by atoms with Gasteiger partial charge in [0, 0.05) is 0 Å². The van der Waals surface area contributed by atoms with Gasteiger partial charge >= 0.3 is 5.97 Å². The van der Waals surface area contributed by atoms with E-state index in [0.717, 1.165) is 57.1 Å². The number of carbonyl (C=O) groups is 1. The molecule has 2 rings (SSSR count). The van der Waals surface area contributed by atoms with E-state index < -0.39 is 0 Å². The molecule has 1 aliphatic rings. The first-order valence-corrected chi connectivity index (χ1v) is 11.5. The van der Waals surface area contributed by atoms with Crippen molar-refractivity contribution in [2.45, 2.75) is 97.0 Å². The van der Waals surface area contributed by atoms with Crippen molar-refractivity contribution in [3.8, 4) is 11.8 Å². The highest BCUT2D eigenvalue weighted by Gasteiger charge is 2.36. The van der Waals surface area contributed by atoms with Crippen LogP contribution in [0.3, 0.4) is 0 Å². The van der Waals surface area contributed by atoms with Gasteiger partial charge in [0.2, 0.25) is 0 Å². The number of hydrogen-bond donors (Lipinski definition) is 0. The van der Waals surface area contributed by atoms with E-state index in [1.54, 1.807) is 12.1 Å². The summed E-state index contributed by atoms with van der Waals surface area (Å²) in [5, 5.41) is 9.72. The van der Waals surface area contributed by atoms with Crippen LogP contribution < -0.4 is 4.74 Å². The number of hydrogen-bond acceptors (Lipinski definition) is 4. The molecule has 0 aromatic heterocycles. The fraction of sp³-hybridized carbons (Fsp3) is 0.680. The van der Waals surface area contributed by atoms with Gasteiger partial charge in [-0.2, -0.15) is 5.26 Å². The Bertz CT molecular complexity index is 639. The molecule has 0 aliphatic heterocycles. The Morgan fingerprint density at radius 1 is 1.03 bits per heavy atom. The summed E-state index contributed by atoms with van der Waals surface area (Å²) in [5.41, 5.74) is 0.341. The number of rotatable bonds is 12. The summed E-state index contributed by atoms with van der Waals surface area (Å²) < 4.78 is 11.4. The lowest BCUT2D eigenvalue weighted by molar-refractivity contribution is 0.0105. The summed E-state index contributed by atoms with van der Waals surface area (Å²) in [6.07, 6.45) is 12.4. The molecule has 0 radical (unpaired) electrons. The number of benzene rings is 1. The molecule has 1 aliphatic carbocycles. The maximum absolute atomic E-state index is 12.5. The van der Waals surface area contributed by atoms with E-state index in [4.69, 9.17) is 9.47 Å². The molecule has 0 heterocycles. The number of unbranched alkanes of at least 4 members (excludes halogenated alkanes) is 5. The standard InChI is InChI=1S/C25H37NO3/c1-3-5-7-8-9-16-25(20-26)17-14-23(15-18-25)29-24(27)21-10-12-22(13-11-21)28-19-6-4-2/h10-13,23H,3-9,14-19H2,1-2H3/t23-,25+. The summed E-state index contributed by atoms with van der Waals surface area (Å²) >= 11 is 0. The molecule has 0 spiro atoms. The summed E-state index contributed by atoms with van der Waals surface area (Å²) in [7, 11) is 0. The highest BCUT2D eigenvalue weighted by Crippen LogP contribution is 2.41. The first-order valence-electron chi connectivity index (χ1n) is 11.5. The Morgan fingerprint density at radius 2 is 1.69 bits per heavy atom. The predicted molar refractivity (Wildman–Crippen MR) is 116 cm³/mol. The minimum Gasteiger partial charge on any atom is -0.494 e. The molecule has 0 unspecified atom stereocenters. The maximum Gasteiger partial charge on any atom is 0.338 e. The molecule has 29 heavy (non-hydrogen) atoms. The Balaban J connectivity index is 1.76. The second-order valence-corrected chi connectivity index (χ2v) is 8.39. The van der Waals surface area contributed by atoms with E-state index in [2.05, 4.69) is 19.9 Å². The topological polar surface area (TPSA) is 59.3 Å². The van der Waals surface area contributed by atoms with Crippen LogP contribution in [0.4, 0.5) is 0 Å². The van der Waals surface area contributed by atoms with Gasteiger partial charge in [0.05, 0.1) is 23.7 Å². The second-order valence-electron chi connectivity index (χ2n) is 8.39. The Hall–Kier alpha value is -2.02. The largest absolute Gasteiger partial charge is 0.494 e. The van der Waals surface area contributed by atoms with Crippen molar-refractivity contribution in [3.63, 3.8) is 0 Å². The number of ether oxygens (including phenoxy) is 2. The second kappa shape index (κ2) is 12.5. The van der Waals surface area contributed by atoms with Crippen LogP contribution in [0, 0.1) is 16.7 Å². The van der Waals surface area contributed by atoms with Crippen molar-refractivity contribution >= 4 is 5.97 Å². The van der Waals surface area contributed by atoms with Crippen molar-refractivity contribution < 1.29 is 14.3 Å². The summed E-state index contributed by atoms with van der Waals surface area (Å²) in [4.78, 5) is 12.5. The lowest BCUT2D eigenvalue weighted by Crippen LogP contribution is -2.31. The molecule has 0 atom stereocenters. The zero-order valence-electron chi connectivity index (χ0n) is 18.3. The molecule has 0 saturated heterocycles. The molecule has 0 bridgehead atoms. The van der Waals surface area contributed by atoms with E-state index in [-0.39, 0.29) is 17.5 Å². The van der Waals surface area contributed by atoms with Crippen LogP contribution >= 0.6 is 0 Å². The Kier molecular flexibility index (Phi) is 10.0. The van der Waals surface area contributed by atoms with Crippen molar-refractivity contribution in [1.29, 1.82) is 5.26 Å².